The molecule has 0 aliphatic heterocycles. The fraction of sp³-hybridized carbons (Fsp3) is 0.462. The van der Waals surface area contributed by atoms with E-state index in [1.807, 2.05) is 6.92 Å². The van der Waals surface area contributed by atoms with Crippen LogP contribution in [0.2, 0.25) is 0 Å². The van der Waals surface area contributed by atoms with E-state index >= 15 is 0 Å². The number of aliphatic hydroxyl groups excluding tert-OH is 1. The Labute approximate surface area is 116 Å². The molecule has 1 rings (SSSR count). The molecule has 0 spiro atoms. The van der Waals surface area contributed by atoms with Crippen molar-refractivity contribution < 1.29 is 19.6 Å². The molecule has 2 N–H and O–H groups in total. The summed E-state index contributed by atoms with van der Waals surface area (Å²) in [5.74, 6) is -0.0148. The molecule has 0 saturated heterocycles. The fourth-order valence-corrected chi connectivity index (χ4v) is 1.57. The predicted octanol–water partition coefficient (Wildman–Crippen LogP) is 1.55. The van der Waals surface area contributed by atoms with Gasteiger partial charge in [-0.25, -0.2) is 0 Å². The lowest BCUT2D eigenvalue weighted by molar-refractivity contribution is -0.385. The van der Waals surface area contributed by atoms with E-state index in [2.05, 4.69) is 5.32 Å². The van der Waals surface area contributed by atoms with Gasteiger partial charge in [-0.15, -0.1) is 0 Å². The maximum atomic E-state index is 11.4. The zero-order chi connectivity index (χ0) is 15.1. The first-order chi connectivity index (χ1) is 9.45. The fourth-order valence-electron chi connectivity index (χ4n) is 1.57. The van der Waals surface area contributed by atoms with E-state index in [1.54, 1.807) is 0 Å². The minimum Gasteiger partial charge on any atom is -0.483 e. The van der Waals surface area contributed by atoms with Crippen molar-refractivity contribution in [3.05, 3.63) is 33.9 Å². The molecule has 0 bridgehead atoms. The smallest absolute Gasteiger partial charge is 0.270 e. The summed E-state index contributed by atoms with van der Waals surface area (Å²) in [7, 11) is 0. The minimum absolute atomic E-state index is 0.135. The topological polar surface area (TPSA) is 102 Å². The van der Waals surface area contributed by atoms with Gasteiger partial charge in [-0.3, -0.25) is 14.9 Å². The van der Waals surface area contributed by atoms with Crippen LogP contribution in [-0.4, -0.2) is 29.1 Å². The van der Waals surface area contributed by atoms with Crippen molar-refractivity contribution in [2.45, 2.75) is 26.4 Å². The zero-order valence-corrected chi connectivity index (χ0v) is 11.5. The number of carbonyl (C=O) groups excluding carboxylic acids is 1. The summed E-state index contributed by atoms with van der Waals surface area (Å²) >= 11 is 0. The number of nitrogens with zero attached hydrogens (tertiary/aromatic N) is 1. The van der Waals surface area contributed by atoms with Crippen LogP contribution in [0.15, 0.2) is 18.2 Å². The number of nitrogens with one attached hydrogen (secondary N) is 1. The van der Waals surface area contributed by atoms with Crippen molar-refractivity contribution in [3.8, 4) is 5.75 Å². The predicted molar refractivity (Wildman–Crippen MR) is 72.5 cm³/mol. The molecule has 7 nitrogen and oxygen atoms in total. The van der Waals surface area contributed by atoms with Crippen LogP contribution in [-0.2, 0) is 4.79 Å². The molecular formula is C13H18N2O5. The Balaban J connectivity index is 2.79. The van der Waals surface area contributed by atoms with E-state index in [9.17, 15) is 20.0 Å². The molecule has 0 saturated carbocycles. The normalized spacial score (nSPS) is 11.8. The molecule has 0 aliphatic rings. The van der Waals surface area contributed by atoms with Crippen LogP contribution >= 0.6 is 0 Å². The number of non-ortho nitro benzene ring substituents is 1. The highest BCUT2D eigenvalue weighted by Gasteiger charge is 2.16. The summed E-state index contributed by atoms with van der Waals surface area (Å²) in [6.07, 6.45) is -0.106. The third kappa shape index (κ3) is 4.51. The summed E-state index contributed by atoms with van der Waals surface area (Å²) in [4.78, 5) is 21.6. The number of hydrogen-bond donors (Lipinski definition) is 2. The number of carbonyl (C=O) groups is 1. The Morgan fingerprint density at radius 3 is 2.80 bits per heavy atom. The largest absolute Gasteiger partial charge is 0.483 e. The van der Waals surface area contributed by atoms with E-state index in [0.29, 0.717) is 6.54 Å². The lowest BCUT2D eigenvalue weighted by atomic mass is 10.1. The van der Waals surface area contributed by atoms with Gasteiger partial charge in [0, 0.05) is 24.2 Å². The molecule has 7 heteroatoms. The number of aliphatic hydroxyl groups is 1. The van der Waals surface area contributed by atoms with Crippen LogP contribution in [0, 0.1) is 10.1 Å². The maximum absolute atomic E-state index is 11.4. The molecule has 110 valence electrons. The van der Waals surface area contributed by atoms with Crippen LogP contribution < -0.4 is 10.1 Å². The quantitative estimate of drug-likeness (QED) is 0.583. The van der Waals surface area contributed by atoms with Crippen molar-refractivity contribution in [2.75, 3.05) is 13.2 Å². The Morgan fingerprint density at radius 2 is 2.25 bits per heavy atom. The maximum Gasteiger partial charge on any atom is 0.270 e. The molecule has 20 heavy (non-hydrogen) atoms. The van der Waals surface area contributed by atoms with Gasteiger partial charge in [-0.1, -0.05) is 6.92 Å². The zero-order valence-electron chi connectivity index (χ0n) is 11.5. The van der Waals surface area contributed by atoms with Gasteiger partial charge < -0.3 is 15.2 Å². The van der Waals surface area contributed by atoms with E-state index in [4.69, 9.17) is 4.74 Å². The highest BCUT2D eigenvalue weighted by Crippen LogP contribution is 2.29. The Morgan fingerprint density at radius 1 is 1.55 bits per heavy atom. The number of nitro groups is 1. The minimum atomic E-state index is -0.927. The van der Waals surface area contributed by atoms with Gasteiger partial charge in [0.2, 0.25) is 0 Å². The van der Waals surface area contributed by atoms with E-state index in [1.165, 1.54) is 25.1 Å². The van der Waals surface area contributed by atoms with Gasteiger partial charge in [0.1, 0.15) is 5.75 Å². The van der Waals surface area contributed by atoms with Crippen LogP contribution in [0.5, 0.6) is 5.75 Å². The average molecular weight is 282 g/mol. The van der Waals surface area contributed by atoms with Crippen molar-refractivity contribution in [3.63, 3.8) is 0 Å². The third-order valence-electron chi connectivity index (χ3n) is 2.59. The van der Waals surface area contributed by atoms with Gasteiger partial charge in [0.15, 0.2) is 6.61 Å². The van der Waals surface area contributed by atoms with Gasteiger partial charge >= 0.3 is 0 Å². The first-order valence-corrected chi connectivity index (χ1v) is 6.31. The van der Waals surface area contributed by atoms with E-state index < -0.39 is 11.0 Å². The molecule has 0 aliphatic carbocycles. The number of nitro benzene ring substituents is 1. The summed E-state index contributed by atoms with van der Waals surface area (Å²) in [5, 5.41) is 23.0. The molecule has 0 heterocycles. The van der Waals surface area contributed by atoms with Gasteiger partial charge in [-0.05, 0) is 19.4 Å². The number of benzene rings is 1. The van der Waals surface area contributed by atoms with Crippen molar-refractivity contribution in [1.29, 1.82) is 0 Å². The number of amides is 1. The average Bonchev–Trinajstić information content (AvgIpc) is 2.42. The molecule has 1 aromatic rings. The highest BCUT2D eigenvalue weighted by atomic mass is 16.6. The Bertz CT molecular complexity index is 488. The monoisotopic (exact) mass is 282 g/mol. The Hall–Kier alpha value is -2.15. The summed E-state index contributed by atoms with van der Waals surface area (Å²) in [6, 6.07) is 3.89. The van der Waals surface area contributed by atoms with Crippen LogP contribution in [0.3, 0.4) is 0 Å². The van der Waals surface area contributed by atoms with Gasteiger partial charge in [0.25, 0.3) is 11.6 Å². The van der Waals surface area contributed by atoms with E-state index in [-0.39, 0.29) is 29.5 Å². The molecule has 1 aromatic carbocycles. The number of hydrogen-bond acceptors (Lipinski definition) is 5. The molecule has 0 unspecified atom stereocenters. The van der Waals surface area contributed by atoms with Crippen molar-refractivity contribution >= 4 is 11.6 Å². The van der Waals surface area contributed by atoms with Crippen LogP contribution in [0.25, 0.3) is 0 Å². The first kappa shape index (κ1) is 15.9. The van der Waals surface area contributed by atoms with E-state index in [0.717, 1.165) is 6.42 Å². The second-order valence-corrected chi connectivity index (χ2v) is 4.29. The summed E-state index contributed by atoms with van der Waals surface area (Å²) in [5.41, 5.74) is 0.145. The molecular weight excluding hydrogens is 264 g/mol. The molecule has 0 fully saturated rings. The number of rotatable bonds is 7. The number of ether oxygens (including phenoxy) is 1. The molecule has 0 radical (unpaired) electrons. The highest BCUT2D eigenvalue weighted by molar-refractivity contribution is 5.77. The second-order valence-electron chi connectivity index (χ2n) is 4.29. The van der Waals surface area contributed by atoms with Gasteiger partial charge in [-0.2, -0.15) is 0 Å². The molecule has 0 aromatic heterocycles. The molecule has 1 amide bonds. The lowest BCUT2D eigenvalue weighted by Crippen LogP contribution is -2.29. The Kier molecular flexibility index (Phi) is 5.92. The summed E-state index contributed by atoms with van der Waals surface area (Å²) < 4.78 is 5.30. The van der Waals surface area contributed by atoms with Gasteiger partial charge in [0.05, 0.1) is 11.0 Å². The molecule has 1 atom stereocenters. The summed E-state index contributed by atoms with van der Waals surface area (Å²) in [6.45, 7) is 3.77. The van der Waals surface area contributed by atoms with Crippen LogP contribution in [0.1, 0.15) is 31.9 Å². The SMILES string of the molecule is CCCNC(=O)COc1ccc([N+](=O)[O-])cc1[C@@H](C)O. The standard InChI is InChI=1S/C13H18N2O5/c1-3-6-14-13(17)8-20-12-5-4-10(15(18)19)7-11(12)9(2)16/h4-5,7,9,16H,3,6,8H2,1-2H3,(H,14,17)/t9-/m1/s1. The second kappa shape index (κ2) is 7.44. The first-order valence-electron chi connectivity index (χ1n) is 6.31. The lowest BCUT2D eigenvalue weighted by Gasteiger charge is -2.13. The van der Waals surface area contributed by atoms with Crippen molar-refractivity contribution in [2.24, 2.45) is 0 Å². The van der Waals surface area contributed by atoms with Crippen molar-refractivity contribution in [1.82, 2.24) is 5.32 Å². The third-order valence-corrected chi connectivity index (χ3v) is 2.59. The van der Waals surface area contributed by atoms with Crippen LogP contribution in [0.4, 0.5) is 5.69 Å².